The van der Waals surface area contributed by atoms with Crippen LogP contribution in [0, 0.1) is 0 Å². The Labute approximate surface area is 133 Å². The Morgan fingerprint density at radius 2 is 1.19 bits per heavy atom. The summed E-state index contributed by atoms with van der Waals surface area (Å²) in [6.07, 6.45) is 21.5. The van der Waals surface area contributed by atoms with Gasteiger partial charge in [0.05, 0.1) is 13.3 Å². The number of hydrogen-bond acceptors (Lipinski definition) is 2. The molecule has 0 spiro atoms. The van der Waals surface area contributed by atoms with Crippen LogP contribution in [0.5, 0.6) is 0 Å². The molecule has 1 atom stereocenters. The summed E-state index contributed by atoms with van der Waals surface area (Å²) < 4.78 is 5.32. The van der Waals surface area contributed by atoms with E-state index in [-0.39, 0.29) is 0 Å². The Bertz CT molecular complexity index is 202. The highest BCUT2D eigenvalue weighted by Gasteiger charge is 2.12. The van der Waals surface area contributed by atoms with Gasteiger partial charge in [0.25, 0.3) is 0 Å². The van der Waals surface area contributed by atoms with Gasteiger partial charge in [0.2, 0.25) is 0 Å². The second-order valence-electron chi connectivity index (χ2n) is 6.80. The number of ether oxygens (including phenoxy) is 1. The summed E-state index contributed by atoms with van der Waals surface area (Å²) in [7, 11) is 0. The van der Waals surface area contributed by atoms with Crippen molar-refractivity contribution in [3.63, 3.8) is 0 Å². The molecule has 0 aromatic rings. The molecule has 1 fully saturated rings. The normalized spacial score (nSPS) is 18.4. The fraction of sp³-hybridized carbons (Fsp3) is 1.00. The lowest BCUT2D eigenvalue weighted by Crippen LogP contribution is -2.23. The second-order valence-corrected chi connectivity index (χ2v) is 6.80. The van der Waals surface area contributed by atoms with E-state index >= 15 is 0 Å². The summed E-state index contributed by atoms with van der Waals surface area (Å²) >= 11 is 0. The molecule has 0 bridgehead atoms. The van der Waals surface area contributed by atoms with Gasteiger partial charge < -0.3 is 4.74 Å². The maximum atomic E-state index is 5.32. The van der Waals surface area contributed by atoms with E-state index in [1.807, 2.05) is 0 Å². The van der Waals surface area contributed by atoms with Crippen molar-refractivity contribution >= 4 is 0 Å². The number of rotatable bonds is 15. The van der Waals surface area contributed by atoms with Crippen molar-refractivity contribution in [2.24, 2.45) is 0 Å². The van der Waals surface area contributed by atoms with E-state index in [0.29, 0.717) is 6.04 Å². The predicted octanol–water partition coefficient (Wildman–Crippen LogP) is 5.80. The first-order chi connectivity index (χ1) is 10.4. The molecular formula is C19H39NO. The molecule has 1 saturated heterocycles. The number of hydrogen-bond donors (Lipinski definition) is 1. The molecule has 21 heavy (non-hydrogen) atoms. The summed E-state index contributed by atoms with van der Waals surface area (Å²) in [5, 5.41) is 3.38. The first kappa shape index (κ1) is 19.0. The Morgan fingerprint density at radius 3 is 1.62 bits per heavy atom. The maximum Gasteiger partial charge on any atom is 0.0968 e. The third-order valence-corrected chi connectivity index (χ3v) is 4.70. The lowest BCUT2D eigenvalue weighted by molar-refractivity contribution is 0.188. The zero-order valence-electron chi connectivity index (χ0n) is 14.5. The van der Waals surface area contributed by atoms with Gasteiger partial charge >= 0.3 is 0 Å². The van der Waals surface area contributed by atoms with E-state index < -0.39 is 0 Å². The van der Waals surface area contributed by atoms with E-state index in [0.717, 1.165) is 13.3 Å². The van der Waals surface area contributed by atoms with Crippen molar-refractivity contribution < 1.29 is 4.74 Å². The quantitative estimate of drug-likeness (QED) is 0.385. The first-order valence-corrected chi connectivity index (χ1v) is 9.74. The van der Waals surface area contributed by atoms with Crippen molar-refractivity contribution in [3.8, 4) is 0 Å². The van der Waals surface area contributed by atoms with Crippen molar-refractivity contribution in [2.75, 3.05) is 13.3 Å². The smallest absolute Gasteiger partial charge is 0.0968 e. The van der Waals surface area contributed by atoms with Crippen LogP contribution in [0.4, 0.5) is 0 Å². The molecule has 0 aromatic heterocycles. The van der Waals surface area contributed by atoms with Crippen molar-refractivity contribution in [1.29, 1.82) is 0 Å². The van der Waals surface area contributed by atoms with Crippen molar-refractivity contribution in [3.05, 3.63) is 0 Å². The molecule has 0 aromatic carbocycles. The lowest BCUT2D eigenvalue weighted by Gasteiger charge is -2.07. The molecular weight excluding hydrogens is 258 g/mol. The second kappa shape index (κ2) is 14.8. The SMILES string of the molecule is CCCCCCCCCCCCCCCCC1COCN1. The molecule has 1 aliphatic rings. The average molecular weight is 298 g/mol. The summed E-state index contributed by atoms with van der Waals surface area (Å²) in [5.74, 6) is 0. The number of unbranched alkanes of at least 4 members (excludes halogenated alkanes) is 13. The van der Waals surface area contributed by atoms with Gasteiger partial charge in [-0.05, 0) is 6.42 Å². The minimum absolute atomic E-state index is 0.641. The molecule has 126 valence electrons. The van der Waals surface area contributed by atoms with Crippen LogP contribution in [0.1, 0.15) is 103 Å². The highest BCUT2D eigenvalue weighted by atomic mass is 16.5. The Balaban J connectivity index is 1.65. The molecule has 1 N–H and O–H groups in total. The molecule has 0 aliphatic carbocycles. The minimum atomic E-state index is 0.641. The van der Waals surface area contributed by atoms with Crippen LogP contribution in [-0.4, -0.2) is 19.4 Å². The van der Waals surface area contributed by atoms with E-state index in [2.05, 4.69) is 12.2 Å². The van der Waals surface area contributed by atoms with Crippen LogP contribution < -0.4 is 5.32 Å². The van der Waals surface area contributed by atoms with E-state index in [1.54, 1.807) is 0 Å². The third kappa shape index (κ3) is 12.2. The monoisotopic (exact) mass is 297 g/mol. The molecule has 1 heterocycles. The van der Waals surface area contributed by atoms with Gasteiger partial charge in [-0.25, -0.2) is 0 Å². The van der Waals surface area contributed by atoms with Gasteiger partial charge in [-0.3, -0.25) is 5.32 Å². The molecule has 0 radical (unpaired) electrons. The topological polar surface area (TPSA) is 21.3 Å². The fourth-order valence-electron chi connectivity index (χ4n) is 3.21. The summed E-state index contributed by atoms with van der Waals surface area (Å²) in [4.78, 5) is 0. The summed E-state index contributed by atoms with van der Waals surface area (Å²) in [6.45, 7) is 3.99. The average Bonchev–Trinajstić information content (AvgIpc) is 3.01. The fourth-order valence-corrected chi connectivity index (χ4v) is 3.21. The Morgan fingerprint density at radius 1 is 0.714 bits per heavy atom. The van der Waals surface area contributed by atoms with Crippen molar-refractivity contribution in [1.82, 2.24) is 5.32 Å². The minimum Gasteiger partial charge on any atom is -0.365 e. The molecule has 0 saturated carbocycles. The Hall–Kier alpha value is -0.0800. The van der Waals surface area contributed by atoms with Crippen LogP contribution >= 0.6 is 0 Å². The van der Waals surface area contributed by atoms with Gasteiger partial charge in [-0.15, -0.1) is 0 Å². The molecule has 1 aliphatic heterocycles. The maximum absolute atomic E-state index is 5.32. The summed E-state index contributed by atoms with van der Waals surface area (Å²) in [5.41, 5.74) is 0. The van der Waals surface area contributed by atoms with E-state index in [9.17, 15) is 0 Å². The van der Waals surface area contributed by atoms with Crippen molar-refractivity contribution in [2.45, 2.75) is 109 Å². The van der Waals surface area contributed by atoms with Crippen LogP contribution in [0.3, 0.4) is 0 Å². The van der Waals surface area contributed by atoms with Gasteiger partial charge in [-0.2, -0.15) is 0 Å². The molecule has 0 amide bonds. The van der Waals surface area contributed by atoms with Gasteiger partial charge in [0.1, 0.15) is 0 Å². The van der Waals surface area contributed by atoms with Gasteiger partial charge in [-0.1, -0.05) is 96.8 Å². The van der Waals surface area contributed by atoms with Crippen LogP contribution in [0.15, 0.2) is 0 Å². The molecule has 1 unspecified atom stereocenters. The third-order valence-electron chi connectivity index (χ3n) is 4.70. The van der Waals surface area contributed by atoms with Crippen LogP contribution in [0.25, 0.3) is 0 Å². The van der Waals surface area contributed by atoms with Crippen LogP contribution in [-0.2, 0) is 4.74 Å². The number of nitrogens with one attached hydrogen (secondary N) is 1. The first-order valence-electron chi connectivity index (χ1n) is 9.74. The summed E-state index contributed by atoms with van der Waals surface area (Å²) in [6, 6.07) is 0.641. The largest absolute Gasteiger partial charge is 0.365 e. The lowest BCUT2D eigenvalue weighted by atomic mass is 10.0. The highest BCUT2D eigenvalue weighted by molar-refractivity contribution is 4.68. The zero-order chi connectivity index (χ0) is 15.0. The highest BCUT2D eigenvalue weighted by Crippen LogP contribution is 2.14. The molecule has 2 nitrogen and oxygen atoms in total. The predicted molar refractivity (Wildman–Crippen MR) is 92.7 cm³/mol. The molecule has 1 rings (SSSR count). The standard InChI is InChI=1S/C19H39NO/c1-2-3-4-5-6-7-8-9-10-11-12-13-14-15-16-19-17-21-18-20-19/h19-20H,2-18H2,1H3. The van der Waals surface area contributed by atoms with Gasteiger partial charge in [0.15, 0.2) is 0 Å². The van der Waals surface area contributed by atoms with Gasteiger partial charge in [0, 0.05) is 6.04 Å². The molecule has 2 heteroatoms. The van der Waals surface area contributed by atoms with E-state index in [1.165, 1.54) is 96.3 Å². The Kier molecular flexibility index (Phi) is 13.4. The van der Waals surface area contributed by atoms with E-state index in [4.69, 9.17) is 4.74 Å². The van der Waals surface area contributed by atoms with Crippen LogP contribution in [0.2, 0.25) is 0 Å². The zero-order valence-corrected chi connectivity index (χ0v) is 14.5.